The number of hydrogen-bond acceptors (Lipinski definition) is 4. The molecule has 0 bridgehead atoms. The van der Waals surface area contributed by atoms with E-state index < -0.39 is 0 Å². The quantitative estimate of drug-likeness (QED) is 0.868. The van der Waals surface area contributed by atoms with Crippen molar-refractivity contribution in [2.75, 3.05) is 33.4 Å². The van der Waals surface area contributed by atoms with Crippen LogP contribution >= 0.6 is 0 Å². The first kappa shape index (κ1) is 15.0. The Bertz CT molecular complexity index is 439. The minimum absolute atomic E-state index is 0.0826. The fourth-order valence-corrected chi connectivity index (χ4v) is 2.47. The largest absolute Gasteiger partial charge is 0.385 e. The molecule has 0 saturated carbocycles. The molecule has 2 rings (SSSR count). The van der Waals surface area contributed by atoms with Crippen LogP contribution in [0.3, 0.4) is 0 Å². The summed E-state index contributed by atoms with van der Waals surface area (Å²) in [6.45, 7) is 6.45. The second-order valence-electron chi connectivity index (χ2n) is 5.20. The number of hydrogen-bond donors (Lipinski definition) is 1. The number of H-pyrrole nitrogens is 1. The molecular weight excluding hydrogens is 258 g/mol. The number of carbonyl (C=O) groups is 1. The van der Waals surface area contributed by atoms with Crippen LogP contribution in [0, 0.1) is 13.8 Å². The van der Waals surface area contributed by atoms with Gasteiger partial charge in [0.05, 0.1) is 24.8 Å². The summed E-state index contributed by atoms with van der Waals surface area (Å²) in [6, 6.07) is 0. The molecule has 0 unspecified atom stereocenters. The summed E-state index contributed by atoms with van der Waals surface area (Å²) in [6.07, 6.45) is 1.31. The highest BCUT2D eigenvalue weighted by Gasteiger charge is 2.25. The molecule has 1 aliphatic rings. The predicted molar refractivity (Wildman–Crippen MR) is 74.6 cm³/mol. The molecule has 2 heterocycles. The van der Waals surface area contributed by atoms with Crippen molar-refractivity contribution >= 4 is 5.91 Å². The Morgan fingerprint density at radius 2 is 2.35 bits per heavy atom. The maximum Gasteiger partial charge on any atom is 0.227 e. The van der Waals surface area contributed by atoms with Crippen molar-refractivity contribution in [1.29, 1.82) is 0 Å². The Kier molecular flexibility index (Phi) is 5.14. The van der Waals surface area contributed by atoms with E-state index in [0.29, 0.717) is 32.7 Å². The Hall–Kier alpha value is -1.40. The number of morpholine rings is 1. The summed E-state index contributed by atoms with van der Waals surface area (Å²) in [4.78, 5) is 14.3. The van der Waals surface area contributed by atoms with Crippen molar-refractivity contribution in [2.45, 2.75) is 32.8 Å². The van der Waals surface area contributed by atoms with Crippen molar-refractivity contribution in [1.82, 2.24) is 15.1 Å². The predicted octanol–water partition coefficient (Wildman–Crippen LogP) is 0.833. The molecule has 20 heavy (non-hydrogen) atoms. The summed E-state index contributed by atoms with van der Waals surface area (Å²) < 4.78 is 10.7. The zero-order valence-electron chi connectivity index (χ0n) is 12.4. The third-order valence-corrected chi connectivity index (χ3v) is 3.74. The fraction of sp³-hybridized carbons (Fsp3) is 0.714. The van der Waals surface area contributed by atoms with E-state index in [-0.39, 0.29) is 12.0 Å². The number of amides is 1. The van der Waals surface area contributed by atoms with Crippen molar-refractivity contribution in [2.24, 2.45) is 0 Å². The smallest absolute Gasteiger partial charge is 0.227 e. The van der Waals surface area contributed by atoms with Crippen LogP contribution in [-0.2, 0) is 20.7 Å². The highest BCUT2D eigenvalue weighted by atomic mass is 16.5. The number of aromatic amines is 1. The molecule has 1 fully saturated rings. The van der Waals surface area contributed by atoms with Crippen LogP contribution in [0.4, 0.5) is 0 Å². The van der Waals surface area contributed by atoms with Gasteiger partial charge in [-0.15, -0.1) is 0 Å². The summed E-state index contributed by atoms with van der Waals surface area (Å²) in [5.41, 5.74) is 2.88. The molecule has 0 aromatic carbocycles. The van der Waals surface area contributed by atoms with Crippen LogP contribution in [0.5, 0.6) is 0 Å². The van der Waals surface area contributed by atoms with Gasteiger partial charge in [0.1, 0.15) is 0 Å². The number of methoxy groups -OCH3 is 1. The van der Waals surface area contributed by atoms with Crippen LogP contribution in [0.15, 0.2) is 0 Å². The molecule has 0 spiro atoms. The van der Waals surface area contributed by atoms with Crippen LogP contribution < -0.4 is 0 Å². The lowest BCUT2D eigenvalue weighted by atomic mass is 10.1. The Morgan fingerprint density at radius 3 is 3.00 bits per heavy atom. The minimum Gasteiger partial charge on any atom is -0.385 e. The van der Waals surface area contributed by atoms with E-state index in [0.717, 1.165) is 23.4 Å². The van der Waals surface area contributed by atoms with Crippen LogP contribution in [-0.4, -0.2) is 60.5 Å². The number of ether oxygens (including phenoxy) is 2. The average Bonchev–Trinajstić information content (AvgIpc) is 2.77. The molecule has 6 heteroatoms. The number of nitrogens with one attached hydrogen (secondary N) is 1. The molecule has 1 amide bonds. The molecule has 0 aliphatic carbocycles. The Balaban J connectivity index is 1.92. The van der Waals surface area contributed by atoms with E-state index in [9.17, 15) is 4.79 Å². The Labute approximate surface area is 119 Å². The highest BCUT2D eigenvalue weighted by molar-refractivity contribution is 5.79. The lowest BCUT2D eigenvalue weighted by molar-refractivity contribution is -0.138. The number of carbonyl (C=O) groups excluding carboxylic acids is 1. The first-order valence-corrected chi connectivity index (χ1v) is 7.00. The van der Waals surface area contributed by atoms with Gasteiger partial charge in [-0.05, 0) is 20.3 Å². The van der Waals surface area contributed by atoms with Gasteiger partial charge in [0, 0.05) is 38.1 Å². The second-order valence-corrected chi connectivity index (χ2v) is 5.20. The number of aryl methyl sites for hydroxylation is 2. The topological polar surface area (TPSA) is 67.5 Å². The van der Waals surface area contributed by atoms with E-state index in [1.165, 1.54) is 0 Å². The molecule has 1 saturated heterocycles. The molecule has 1 aromatic heterocycles. The van der Waals surface area contributed by atoms with Crippen molar-refractivity contribution in [3.63, 3.8) is 0 Å². The lowest BCUT2D eigenvalue weighted by Crippen LogP contribution is -2.46. The number of nitrogens with zero attached hydrogens (tertiary/aromatic N) is 2. The van der Waals surface area contributed by atoms with E-state index in [1.54, 1.807) is 7.11 Å². The Morgan fingerprint density at radius 1 is 1.55 bits per heavy atom. The molecule has 1 aliphatic heterocycles. The van der Waals surface area contributed by atoms with Crippen molar-refractivity contribution < 1.29 is 14.3 Å². The molecule has 112 valence electrons. The van der Waals surface area contributed by atoms with Gasteiger partial charge in [0.25, 0.3) is 0 Å². The van der Waals surface area contributed by atoms with Crippen molar-refractivity contribution in [3.8, 4) is 0 Å². The molecule has 1 atom stereocenters. The summed E-state index contributed by atoms with van der Waals surface area (Å²) in [5.74, 6) is 0.142. The molecule has 0 radical (unpaired) electrons. The van der Waals surface area contributed by atoms with Gasteiger partial charge in [0.15, 0.2) is 0 Å². The van der Waals surface area contributed by atoms with E-state index in [4.69, 9.17) is 9.47 Å². The van der Waals surface area contributed by atoms with Gasteiger partial charge in [-0.25, -0.2) is 0 Å². The zero-order chi connectivity index (χ0) is 14.5. The van der Waals surface area contributed by atoms with E-state index >= 15 is 0 Å². The third-order valence-electron chi connectivity index (χ3n) is 3.74. The van der Waals surface area contributed by atoms with Gasteiger partial charge in [-0.2, -0.15) is 5.10 Å². The van der Waals surface area contributed by atoms with Crippen LogP contribution in [0.25, 0.3) is 0 Å². The fourth-order valence-electron chi connectivity index (χ4n) is 2.47. The van der Waals surface area contributed by atoms with E-state index in [2.05, 4.69) is 10.2 Å². The van der Waals surface area contributed by atoms with Gasteiger partial charge >= 0.3 is 0 Å². The normalized spacial score (nSPS) is 19.4. The first-order valence-electron chi connectivity index (χ1n) is 7.00. The molecule has 6 nitrogen and oxygen atoms in total. The number of aromatic nitrogens is 2. The summed E-state index contributed by atoms with van der Waals surface area (Å²) in [5, 5.41) is 7.05. The van der Waals surface area contributed by atoms with Crippen molar-refractivity contribution in [3.05, 3.63) is 17.0 Å². The second kappa shape index (κ2) is 6.85. The minimum atomic E-state index is 0.0826. The van der Waals surface area contributed by atoms with Gasteiger partial charge in [-0.3, -0.25) is 9.89 Å². The monoisotopic (exact) mass is 281 g/mol. The van der Waals surface area contributed by atoms with E-state index in [1.807, 2.05) is 18.7 Å². The highest BCUT2D eigenvalue weighted by Crippen LogP contribution is 2.14. The standard InChI is InChI=1S/C14H23N3O3/c1-10-13(11(2)16-15-10)8-14(18)17-5-7-20-12(9-17)4-6-19-3/h12H,4-9H2,1-3H3,(H,15,16)/t12-/m0/s1. The molecular formula is C14H23N3O3. The third kappa shape index (κ3) is 3.58. The van der Waals surface area contributed by atoms with Crippen LogP contribution in [0.2, 0.25) is 0 Å². The van der Waals surface area contributed by atoms with Gasteiger partial charge in [0.2, 0.25) is 5.91 Å². The maximum atomic E-state index is 12.4. The summed E-state index contributed by atoms with van der Waals surface area (Å²) in [7, 11) is 1.68. The van der Waals surface area contributed by atoms with Crippen LogP contribution in [0.1, 0.15) is 23.4 Å². The zero-order valence-corrected chi connectivity index (χ0v) is 12.4. The summed E-state index contributed by atoms with van der Waals surface area (Å²) >= 11 is 0. The number of rotatable bonds is 5. The molecule has 1 N–H and O–H groups in total. The average molecular weight is 281 g/mol. The molecule has 1 aromatic rings. The van der Waals surface area contributed by atoms with Gasteiger partial charge < -0.3 is 14.4 Å². The SMILES string of the molecule is COCC[C@H]1CN(C(=O)Cc2c(C)n[nH]c2C)CCO1. The lowest BCUT2D eigenvalue weighted by Gasteiger charge is -2.33. The van der Waals surface area contributed by atoms with Gasteiger partial charge in [-0.1, -0.05) is 0 Å². The maximum absolute atomic E-state index is 12.4. The first-order chi connectivity index (χ1) is 9.61.